The molecule has 6 heteroatoms. The van der Waals surface area contributed by atoms with E-state index in [0.29, 0.717) is 23.9 Å². The molecule has 0 aliphatic carbocycles. The van der Waals surface area contributed by atoms with Gasteiger partial charge < -0.3 is 20.1 Å². The van der Waals surface area contributed by atoms with Gasteiger partial charge in [0.15, 0.2) is 5.82 Å². The van der Waals surface area contributed by atoms with Crippen LogP contribution in [0.4, 0.5) is 11.5 Å². The molecule has 0 aliphatic heterocycles. The lowest BCUT2D eigenvalue weighted by molar-refractivity contribution is 0.191. The first kappa shape index (κ1) is 15.0. The number of aromatic nitrogens is 1. The Balaban J connectivity index is 2.73. The fourth-order valence-corrected chi connectivity index (χ4v) is 1.80. The summed E-state index contributed by atoms with van der Waals surface area (Å²) in [4.78, 5) is 6.36. The highest BCUT2D eigenvalue weighted by Gasteiger charge is 2.11. The number of rotatable bonds is 8. The zero-order valence-corrected chi connectivity index (χ0v) is 11.6. The number of hydrogen-bond donors (Lipinski definition) is 1. The van der Waals surface area contributed by atoms with E-state index in [2.05, 4.69) is 9.88 Å². The van der Waals surface area contributed by atoms with Crippen LogP contribution in [-0.2, 0) is 9.47 Å². The van der Waals surface area contributed by atoms with Crippen molar-refractivity contribution < 1.29 is 9.47 Å². The van der Waals surface area contributed by atoms with Gasteiger partial charge >= 0.3 is 0 Å². The Kier molecular flexibility index (Phi) is 6.78. The molecule has 1 aromatic rings. The molecule has 0 saturated heterocycles. The first-order valence-corrected chi connectivity index (χ1v) is 6.20. The third kappa shape index (κ3) is 4.68. The topological polar surface area (TPSA) is 60.6 Å². The number of nitrogen functional groups attached to an aromatic ring is 1. The summed E-state index contributed by atoms with van der Waals surface area (Å²) in [5.74, 6) is 0.743. The number of nitrogens with zero attached hydrogens (tertiary/aromatic N) is 2. The number of anilines is 2. The number of halogens is 1. The maximum absolute atomic E-state index is 5.94. The molecule has 0 fully saturated rings. The van der Waals surface area contributed by atoms with Crippen molar-refractivity contribution in [2.45, 2.75) is 6.42 Å². The summed E-state index contributed by atoms with van der Waals surface area (Å²) in [5, 5.41) is 0.542. The van der Waals surface area contributed by atoms with Crippen LogP contribution in [0.3, 0.4) is 0 Å². The van der Waals surface area contributed by atoms with E-state index in [-0.39, 0.29) is 0 Å². The molecule has 0 spiro atoms. The standard InChI is InChI=1S/C12H20ClN3O2/c1-17-6-3-4-16(5-7-18-2)12-11(14)8-10(13)9-15-12/h8-9H,3-7,14H2,1-2H3. The van der Waals surface area contributed by atoms with E-state index in [4.69, 9.17) is 26.8 Å². The average molecular weight is 274 g/mol. The molecular formula is C12H20ClN3O2. The van der Waals surface area contributed by atoms with Crippen molar-refractivity contribution in [2.24, 2.45) is 0 Å². The Bertz CT molecular complexity index is 363. The van der Waals surface area contributed by atoms with Gasteiger partial charge in [-0.1, -0.05) is 11.6 Å². The van der Waals surface area contributed by atoms with Gasteiger partial charge in [-0.15, -0.1) is 0 Å². The molecular weight excluding hydrogens is 254 g/mol. The molecule has 1 heterocycles. The summed E-state index contributed by atoms with van der Waals surface area (Å²) in [6, 6.07) is 1.71. The summed E-state index contributed by atoms with van der Waals surface area (Å²) in [5.41, 5.74) is 6.52. The largest absolute Gasteiger partial charge is 0.396 e. The molecule has 0 bridgehead atoms. The highest BCUT2D eigenvalue weighted by Crippen LogP contribution is 2.23. The van der Waals surface area contributed by atoms with E-state index >= 15 is 0 Å². The number of pyridine rings is 1. The van der Waals surface area contributed by atoms with Gasteiger partial charge in [0.2, 0.25) is 0 Å². The van der Waals surface area contributed by atoms with Crippen LogP contribution >= 0.6 is 11.6 Å². The maximum Gasteiger partial charge on any atom is 0.151 e. The van der Waals surface area contributed by atoms with Crippen molar-refractivity contribution in [2.75, 3.05) is 51.2 Å². The van der Waals surface area contributed by atoms with Gasteiger partial charge in [-0.3, -0.25) is 0 Å². The summed E-state index contributed by atoms with van der Waals surface area (Å²) < 4.78 is 10.1. The third-order valence-electron chi connectivity index (χ3n) is 2.50. The minimum absolute atomic E-state index is 0.542. The van der Waals surface area contributed by atoms with Gasteiger partial charge in [0.25, 0.3) is 0 Å². The smallest absolute Gasteiger partial charge is 0.151 e. The number of methoxy groups -OCH3 is 2. The van der Waals surface area contributed by atoms with Crippen LogP contribution < -0.4 is 10.6 Å². The molecule has 0 unspecified atom stereocenters. The molecule has 0 aliphatic rings. The minimum Gasteiger partial charge on any atom is -0.396 e. The second-order valence-electron chi connectivity index (χ2n) is 3.89. The van der Waals surface area contributed by atoms with Crippen molar-refractivity contribution >= 4 is 23.1 Å². The van der Waals surface area contributed by atoms with E-state index < -0.39 is 0 Å². The van der Waals surface area contributed by atoms with Gasteiger partial charge in [0.05, 0.1) is 17.3 Å². The monoisotopic (exact) mass is 273 g/mol. The molecule has 1 rings (SSSR count). The van der Waals surface area contributed by atoms with E-state index in [1.165, 1.54) is 0 Å². The second-order valence-corrected chi connectivity index (χ2v) is 4.33. The fourth-order valence-electron chi connectivity index (χ4n) is 1.64. The molecule has 102 valence electrons. The Hall–Kier alpha value is -1.04. The predicted octanol–water partition coefficient (Wildman–Crippen LogP) is 1.81. The number of nitrogens with two attached hydrogens (primary N) is 1. The van der Waals surface area contributed by atoms with Crippen LogP contribution in [-0.4, -0.2) is 45.5 Å². The molecule has 0 radical (unpaired) electrons. The Morgan fingerprint density at radius 3 is 2.61 bits per heavy atom. The van der Waals surface area contributed by atoms with Crippen LogP contribution in [0, 0.1) is 0 Å². The zero-order valence-electron chi connectivity index (χ0n) is 10.9. The molecule has 2 N–H and O–H groups in total. The maximum atomic E-state index is 5.94. The van der Waals surface area contributed by atoms with Gasteiger partial charge in [-0.05, 0) is 12.5 Å². The average Bonchev–Trinajstić information content (AvgIpc) is 2.34. The quantitative estimate of drug-likeness (QED) is 0.732. The molecule has 0 aromatic carbocycles. The second kappa shape index (κ2) is 8.13. The fraction of sp³-hybridized carbons (Fsp3) is 0.583. The molecule has 0 atom stereocenters. The zero-order chi connectivity index (χ0) is 13.4. The van der Waals surface area contributed by atoms with E-state index in [1.54, 1.807) is 26.5 Å². The van der Waals surface area contributed by atoms with Gasteiger partial charge in [0, 0.05) is 40.1 Å². The van der Waals surface area contributed by atoms with Crippen LogP contribution in [0.2, 0.25) is 5.02 Å². The highest BCUT2D eigenvalue weighted by atomic mass is 35.5. The van der Waals surface area contributed by atoms with E-state index in [1.807, 2.05) is 0 Å². The molecule has 18 heavy (non-hydrogen) atoms. The lowest BCUT2D eigenvalue weighted by atomic mass is 10.3. The Morgan fingerprint density at radius 1 is 1.28 bits per heavy atom. The van der Waals surface area contributed by atoms with Crippen molar-refractivity contribution in [1.29, 1.82) is 0 Å². The van der Waals surface area contributed by atoms with Crippen molar-refractivity contribution in [3.63, 3.8) is 0 Å². The predicted molar refractivity (Wildman–Crippen MR) is 74.2 cm³/mol. The van der Waals surface area contributed by atoms with Crippen LogP contribution in [0.5, 0.6) is 0 Å². The lowest BCUT2D eigenvalue weighted by Gasteiger charge is -2.24. The van der Waals surface area contributed by atoms with Crippen molar-refractivity contribution in [3.05, 3.63) is 17.3 Å². The summed E-state index contributed by atoms with van der Waals surface area (Å²) in [7, 11) is 3.36. The third-order valence-corrected chi connectivity index (χ3v) is 2.71. The minimum atomic E-state index is 0.542. The van der Waals surface area contributed by atoms with Crippen LogP contribution in [0.25, 0.3) is 0 Å². The number of ether oxygens (including phenoxy) is 2. The highest BCUT2D eigenvalue weighted by molar-refractivity contribution is 6.30. The molecule has 0 saturated carbocycles. The SMILES string of the molecule is COCCCN(CCOC)c1ncc(Cl)cc1N. The molecule has 0 amide bonds. The first-order chi connectivity index (χ1) is 8.69. The normalized spacial score (nSPS) is 10.6. The van der Waals surface area contributed by atoms with Gasteiger partial charge in [-0.25, -0.2) is 4.98 Å². The Morgan fingerprint density at radius 2 is 2.00 bits per heavy atom. The number of hydrogen-bond acceptors (Lipinski definition) is 5. The van der Waals surface area contributed by atoms with Crippen molar-refractivity contribution in [1.82, 2.24) is 4.98 Å². The first-order valence-electron chi connectivity index (χ1n) is 5.83. The lowest BCUT2D eigenvalue weighted by Crippen LogP contribution is -2.30. The Labute approximate surface area is 113 Å². The van der Waals surface area contributed by atoms with Gasteiger partial charge in [-0.2, -0.15) is 0 Å². The summed E-state index contributed by atoms with van der Waals surface area (Å²) in [6.07, 6.45) is 2.51. The van der Waals surface area contributed by atoms with E-state index in [9.17, 15) is 0 Å². The molecule has 1 aromatic heterocycles. The van der Waals surface area contributed by atoms with Gasteiger partial charge in [0.1, 0.15) is 0 Å². The summed E-state index contributed by atoms with van der Waals surface area (Å²) in [6.45, 7) is 2.88. The van der Waals surface area contributed by atoms with E-state index in [0.717, 1.165) is 25.3 Å². The van der Waals surface area contributed by atoms with Crippen molar-refractivity contribution in [3.8, 4) is 0 Å². The van der Waals surface area contributed by atoms with Crippen LogP contribution in [0.15, 0.2) is 12.3 Å². The van der Waals surface area contributed by atoms with Crippen LogP contribution in [0.1, 0.15) is 6.42 Å². The molecule has 5 nitrogen and oxygen atoms in total. The summed E-state index contributed by atoms with van der Waals surface area (Å²) >= 11 is 5.85.